The normalized spacial score (nSPS) is 16.5. The summed E-state index contributed by atoms with van der Waals surface area (Å²) in [6.45, 7) is 2.20. The maximum atomic E-state index is 12.1. The standard InChI is InChI=1S/C12H13ClN2O2/c1-3-8(2)15-11(16)6-10(13)14(12(15)17)7-9-4-5-9/h1,6,8-9H,4-5,7H2,2H3. The Balaban J connectivity index is 2.56. The molecule has 0 bridgehead atoms. The molecular weight excluding hydrogens is 240 g/mol. The van der Waals surface area contributed by atoms with Crippen molar-refractivity contribution in [3.63, 3.8) is 0 Å². The highest BCUT2D eigenvalue weighted by Crippen LogP contribution is 2.30. The molecule has 1 aromatic heterocycles. The third-order valence-corrected chi connectivity index (χ3v) is 3.25. The van der Waals surface area contributed by atoms with Crippen LogP contribution in [-0.4, -0.2) is 9.13 Å². The van der Waals surface area contributed by atoms with E-state index in [1.54, 1.807) is 6.92 Å². The number of halogens is 1. The number of hydrogen-bond donors (Lipinski definition) is 0. The molecule has 1 fully saturated rings. The number of hydrogen-bond acceptors (Lipinski definition) is 2. The van der Waals surface area contributed by atoms with Gasteiger partial charge in [0.05, 0.1) is 6.04 Å². The number of aromatic nitrogens is 2. The van der Waals surface area contributed by atoms with Gasteiger partial charge in [0.2, 0.25) is 0 Å². The van der Waals surface area contributed by atoms with Crippen molar-refractivity contribution in [2.24, 2.45) is 5.92 Å². The van der Waals surface area contributed by atoms with Crippen LogP contribution >= 0.6 is 11.6 Å². The molecule has 0 amide bonds. The van der Waals surface area contributed by atoms with Gasteiger partial charge in [0.15, 0.2) is 0 Å². The van der Waals surface area contributed by atoms with Gasteiger partial charge in [-0.1, -0.05) is 17.5 Å². The van der Waals surface area contributed by atoms with Crippen LogP contribution in [0.15, 0.2) is 15.7 Å². The monoisotopic (exact) mass is 252 g/mol. The van der Waals surface area contributed by atoms with Gasteiger partial charge >= 0.3 is 5.69 Å². The quantitative estimate of drug-likeness (QED) is 0.601. The van der Waals surface area contributed by atoms with E-state index in [2.05, 4.69) is 5.92 Å². The fraction of sp³-hybridized carbons (Fsp3) is 0.500. The minimum atomic E-state index is -0.558. The highest BCUT2D eigenvalue weighted by atomic mass is 35.5. The fourth-order valence-corrected chi connectivity index (χ4v) is 1.95. The Hall–Kier alpha value is -1.47. The van der Waals surface area contributed by atoms with Crippen molar-refractivity contribution >= 4 is 11.6 Å². The molecule has 0 aromatic carbocycles. The number of nitrogens with zero attached hydrogens (tertiary/aromatic N) is 2. The van der Waals surface area contributed by atoms with E-state index in [1.165, 1.54) is 10.6 Å². The molecule has 1 aromatic rings. The maximum absolute atomic E-state index is 12.1. The average Bonchev–Trinajstić information content (AvgIpc) is 3.07. The molecule has 1 saturated carbocycles. The molecule has 1 aliphatic carbocycles. The Morgan fingerprint density at radius 1 is 1.59 bits per heavy atom. The summed E-state index contributed by atoms with van der Waals surface area (Å²) in [4.78, 5) is 23.8. The molecule has 0 radical (unpaired) electrons. The van der Waals surface area contributed by atoms with Gasteiger partial charge < -0.3 is 0 Å². The Bertz CT molecular complexity index is 590. The minimum Gasteiger partial charge on any atom is -0.283 e. The topological polar surface area (TPSA) is 44.0 Å². The van der Waals surface area contributed by atoms with Crippen molar-refractivity contribution in [2.75, 3.05) is 0 Å². The molecule has 17 heavy (non-hydrogen) atoms. The van der Waals surface area contributed by atoms with Gasteiger partial charge in [0.1, 0.15) is 5.15 Å². The summed E-state index contributed by atoms with van der Waals surface area (Å²) in [5, 5.41) is 0.187. The minimum absolute atomic E-state index is 0.187. The molecule has 0 saturated heterocycles. The highest BCUT2D eigenvalue weighted by Gasteiger charge is 2.24. The second-order valence-electron chi connectivity index (χ2n) is 4.35. The van der Waals surface area contributed by atoms with Gasteiger partial charge in [-0.2, -0.15) is 0 Å². The van der Waals surface area contributed by atoms with Crippen molar-refractivity contribution in [1.82, 2.24) is 9.13 Å². The van der Waals surface area contributed by atoms with Gasteiger partial charge in [-0.25, -0.2) is 9.36 Å². The molecular formula is C12H13ClN2O2. The van der Waals surface area contributed by atoms with Crippen LogP contribution in [0.1, 0.15) is 25.8 Å². The molecule has 1 unspecified atom stereocenters. The van der Waals surface area contributed by atoms with E-state index in [1.807, 2.05) is 0 Å². The van der Waals surface area contributed by atoms with E-state index in [0.717, 1.165) is 17.4 Å². The van der Waals surface area contributed by atoms with Gasteiger partial charge in [0.25, 0.3) is 5.56 Å². The average molecular weight is 253 g/mol. The van der Waals surface area contributed by atoms with Crippen molar-refractivity contribution < 1.29 is 0 Å². The van der Waals surface area contributed by atoms with Crippen LogP contribution in [-0.2, 0) is 6.54 Å². The van der Waals surface area contributed by atoms with Crippen LogP contribution in [0.25, 0.3) is 0 Å². The van der Waals surface area contributed by atoms with Crippen molar-refractivity contribution in [2.45, 2.75) is 32.4 Å². The van der Waals surface area contributed by atoms with Crippen molar-refractivity contribution in [1.29, 1.82) is 0 Å². The van der Waals surface area contributed by atoms with Crippen LogP contribution in [0.3, 0.4) is 0 Å². The SMILES string of the molecule is C#CC(C)n1c(=O)cc(Cl)n(CC2CC2)c1=O. The van der Waals surface area contributed by atoms with Gasteiger partial charge in [-0.3, -0.25) is 9.36 Å². The van der Waals surface area contributed by atoms with Crippen LogP contribution < -0.4 is 11.2 Å². The summed E-state index contributed by atoms with van der Waals surface area (Å²) < 4.78 is 2.49. The molecule has 5 heteroatoms. The molecule has 0 N–H and O–H groups in total. The van der Waals surface area contributed by atoms with Gasteiger partial charge in [-0.15, -0.1) is 6.42 Å². The first-order chi connectivity index (χ1) is 8.04. The van der Waals surface area contributed by atoms with E-state index < -0.39 is 17.3 Å². The molecule has 1 atom stereocenters. The third kappa shape index (κ3) is 2.29. The van der Waals surface area contributed by atoms with E-state index in [0.29, 0.717) is 12.5 Å². The zero-order chi connectivity index (χ0) is 12.6. The number of terminal acetylenes is 1. The molecule has 2 rings (SSSR count). The summed E-state index contributed by atoms with van der Waals surface area (Å²) in [5.41, 5.74) is -0.864. The molecule has 90 valence electrons. The van der Waals surface area contributed by atoms with Crippen LogP contribution in [0.5, 0.6) is 0 Å². The summed E-state index contributed by atoms with van der Waals surface area (Å²) in [7, 11) is 0. The number of rotatable bonds is 3. The summed E-state index contributed by atoms with van der Waals surface area (Å²) in [6.07, 6.45) is 7.46. The molecule has 0 spiro atoms. The Morgan fingerprint density at radius 3 is 2.76 bits per heavy atom. The molecule has 4 nitrogen and oxygen atoms in total. The lowest BCUT2D eigenvalue weighted by Crippen LogP contribution is -2.41. The maximum Gasteiger partial charge on any atom is 0.333 e. The first-order valence-corrected chi connectivity index (χ1v) is 5.90. The summed E-state index contributed by atoms with van der Waals surface area (Å²) in [6, 6.07) is 0.692. The van der Waals surface area contributed by atoms with Crippen molar-refractivity contribution in [3.05, 3.63) is 32.1 Å². The summed E-state index contributed by atoms with van der Waals surface area (Å²) >= 11 is 5.92. The Labute approximate surface area is 104 Å². The van der Waals surface area contributed by atoms with Gasteiger partial charge in [-0.05, 0) is 25.7 Å². The molecule has 0 aliphatic heterocycles. The lowest BCUT2D eigenvalue weighted by Gasteiger charge is -2.13. The lowest BCUT2D eigenvalue weighted by molar-refractivity contribution is 0.518. The predicted molar refractivity (Wildman–Crippen MR) is 66.2 cm³/mol. The van der Waals surface area contributed by atoms with Crippen LogP contribution in [0.2, 0.25) is 5.15 Å². The van der Waals surface area contributed by atoms with E-state index >= 15 is 0 Å². The zero-order valence-electron chi connectivity index (χ0n) is 9.52. The second kappa shape index (κ2) is 4.42. The van der Waals surface area contributed by atoms with Gasteiger partial charge in [0, 0.05) is 12.6 Å². The van der Waals surface area contributed by atoms with E-state index in [9.17, 15) is 9.59 Å². The fourth-order valence-electron chi connectivity index (χ4n) is 1.72. The first kappa shape index (κ1) is 12.0. The largest absolute Gasteiger partial charge is 0.333 e. The first-order valence-electron chi connectivity index (χ1n) is 5.52. The smallest absolute Gasteiger partial charge is 0.283 e. The second-order valence-corrected chi connectivity index (χ2v) is 4.74. The predicted octanol–water partition coefficient (Wildman–Crippen LogP) is 1.27. The van der Waals surface area contributed by atoms with E-state index in [4.69, 9.17) is 18.0 Å². The third-order valence-electron chi connectivity index (χ3n) is 2.94. The lowest BCUT2D eigenvalue weighted by atomic mass is 10.3. The zero-order valence-corrected chi connectivity index (χ0v) is 10.3. The van der Waals surface area contributed by atoms with Crippen LogP contribution in [0, 0.1) is 18.3 Å². The van der Waals surface area contributed by atoms with Crippen LogP contribution in [0.4, 0.5) is 0 Å². The summed E-state index contributed by atoms with van der Waals surface area (Å²) in [5.74, 6) is 2.88. The highest BCUT2D eigenvalue weighted by molar-refractivity contribution is 6.29. The molecule has 1 aliphatic rings. The Morgan fingerprint density at radius 2 is 2.24 bits per heavy atom. The van der Waals surface area contributed by atoms with E-state index in [-0.39, 0.29) is 5.15 Å². The Kier molecular flexibility index (Phi) is 3.12. The van der Waals surface area contributed by atoms with Crippen molar-refractivity contribution in [3.8, 4) is 12.3 Å². The molecule has 1 heterocycles.